The molecule has 0 aliphatic rings. The molecule has 0 aliphatic heterocycles. The molecule has 0 nitrogen and oxygen atoms in total. The first-order chi connectivity index (χ1) is 5.70. The Morgan fingerprint density at radius 1 is 1.50 bits per heavy atom. The lowest BCUT2D eigenvalue weighted by atomic mass is 10.2. The zero-order valence-corrected chi connectivity index (χ0v) is 8.80. The predicted octanol–water partition coefficient (Wildman–Crippen LogP) is 4.11. The summed E-state index contributed by atoms with van der Waals surface area (Å²) < 4.78 is 15.1. The van der Waals surface area contributed by atoms with Crippen molar-refractivity contribution in [3.8, 4) is 0 Å². The normalized spacial score (nSPS) is 10.9. The summed E-state index contributed by atoms with van der Waals surface area (Å²) in [6.45, 7) is 1.99. The molecule has 3 heteroatoms. The number of rotatable bonds is 0. The van der Waals surface area contributed by atoms with Crippen molar-refractivity contribution in [2.24, 2.45) is 0 Å². The summed E-state index contributed by atoms with van der Waals surface area (Å²) in [5.41, 5.74) is 1.11. The maximum atomic E-state index is 13.2. The van der Waals surface area contributed by atoms with Crippen LogP contribution >= 0.6 is 27.3 Å². The molecule has 0 amide bonds. The number of fused-ring (bicyclic) bond motifs is 1. The number of thiophene rings is 1. The monoisotopic (exact) mass is 244 g/mol. The first-order valence-corrected chi connectivity index (χ1v) is 5.19. The largest absolute Gasteiger partial charge is 0.206 e. The van der Waals surface area contributed by atoms with Gasteiger partial charge in [0.15, 0.2) is 0 Å². The molecule has 0 unspecified atom stereocenters. The summed E-state index contributed by atoms with van der Waals surface area (Å²) in [6.07, 6.45) is 0. The first-order valence-electron chi connectivity index (χ1n) is 3.52. The van der Waals surface area contributed by atoms with Gasteiger partial charge in [-0.25, -0.2) is 4.39 Å². The van der Waals surface area contributed by atoms with Crippen LogP contribution in [0.25, 0.3) is 10.1 Å². The second-order valence-corrected chi connectivity index (χ2v) is 4.40. The fourth-order valence-corrected chi connectivity index (χ4v) is 2.64. The van der Waals surface area contributed by atoms with Gasteiger partial charge in [-0.3, -0.25) is 0 Å². The first kappa shape index (κ1) is 8.20. The summed E-state index contributed by atoms with van der Waals surface area (Å²) >= 11 is 4.89. The van der Waals surface area contributed by atoms with Crippen LogP contribution < -0.4 is 0 Å². The van der Waals surface area contributed by atoms with Crippen LogP contribution in [0.1, 0.15) is 5.56 Å². The molecule has 1 aromatic carbocycles. The van der Waals surface area contributed by atoms with Gasteiger partial charge in [0.2, 0.25) is 0 Å². The van der Waals surface area contributed by atoms with E-state index in [2.05, 4.69) is 15.9 Å². The van der Waals surface area contributed by atoms with E-state index in [0.29, 0.717) is 0 Å². The van der Waals surface area contributed by atoms with Gasteiger partial charge in [-0.05, 0) is 30.0 Å². The third-order valence-corrected chi connectivity index (χ3v) is 3.73. The average molecular weight is 245 g/mol. The van der Waals surface area contributed by atoms with Crippen LogP contribution in [0.3, 0.4) is 0 Å². The third-order valence-electron chi connectivity index (χ3n) is 1.87. The average Bonchev–Trinajstić information content (AvgIpc) is 2.48. The smallest absolute Gasteiger partial charge is 0.133 e. The van der Waals surface area contributed by atoms with Crippen molar-refractivity contribution >= 4 is 37.4 Å². The van der Waals surface area contributed by atoms with Crippen LogP contribution in [0.15, 0.2) is 22.0 Å². The molecule has 0 N–H and O–H groups in total. The Kier molecular flexibility index (Phi) is 1.93. The Hall–Kier alpha value is -0.410. The number of hydrogen-bond acceptors (Lipinski definition) is 1. The van der Waals surface area contributed by atoms with E-state index < -0.39 is 0 Å². The molecule has 2 rings (SSSR count). The summed E-state index contributed by atoms with van der Waals surface area (Å²) in [4.78, 5) is 0. The topological polar surface area (TPSA) is 0 Å². The van der Waals surface area contributed by atoms with Gasteiger partial charge in [0.25, 0.3) is 0 Å². The van der Waals surface area contributed by atoms with Gasteiger partial charge in [0, 0.05) is 14.6 Å². The lowest BCUT2D eigenvalue weighted by molar-refractivity contribution is 0.639. The Bertz CT molecular complexity index is 433. The fraction of sp³-hybridized carbons (Fsp3) is 0.111. The second-order valence-electron chi connectivity index (χ2n) is 2.63. The second kappa shape index (κ2) is 2.82. The van der Waals surface area contributed by atoms with E-state index in [0.717, 1.165) is 20.1 Å². The maximum absolute atomic E-state index is 13.2. The Balaban J connectivity index is 2.97. The Morgan fingerprint density at radius 2 is 2.25 bits per heavy atom. The van der Waals surface area contributed by atoms with Gasteiger partial charge in [-0.2, -0.15) is 0 Å². The van der Waals surface area contributed by atoms with Crippen LogP contribution in [0.4, 0.5) is 4.39 Å². The minimum Gasteiger partial charge on any atom is -0.206 e. The van der Waals surface area contributed by atoms with Gasteiger partial charge in [-0.15, -0.1) is 11.3 Å². The van der Waals surface area contributed by atoms with E-state index >= 15 is 0 Å². The van der Waals surface area contributed by atoms with Crippen molar-refractivity contribution in [2.45, 2.75) is 6.92 Å². The van der Waals surface area contributed by atoms with Crippen LogP contribution in [0, 0.1) is 12.7 Å². The minimum absolute atomic E-state index is 0.149. The van der Waals surface area contributed by atoms with Crippen molar-refractivity contribution < 1.29 is 4.39 Å². The standard InChI is InChI=1S/C9H6BrFS/c1-5-7(10)4-8(11)6-2-3-12-9(5)6/h2-4H,1H3. The summed E-state index contributed by atoms with van der Waals surface area (Å²) in [7, 11) is 0. The molecule has 0 aliphatic carbocycles. The van der Waals surface area contributed by atoms with Gasteiger partial charge < -0.3 is 0 Å². The SMILES string of the molecule is Cc1c(Br)cc(F)c2ccsc12. The highest BCUT2D eigenvalue weighted by Crippen LogP contribution is 2.31. The van der Waals surface area contributed by atoms with Crippen molar-refractivity contribution in [3.05, 3.63) is 33.4 Å². The molecule has 62 valence electrons. The van der Waals surface area contributed by atoms with Crippen molar-refractivity contribution in [2.75, 3.05) is 0 Å². The van der Waals surface area contributed by atoms with Crippen molar-refractivity contribution in [3.63, 3.8) is 0 Å². The quantitative estimate of drug-likeness (QED) is 0.655. The molecule has 12 heavy (non-hydrogen) atoms. The molecule has 1 heterocycles. The van der Waals surface area contributed by atoms with E-state index in [1.807, 2.05) is 18.4 Å². The van der Waals surface area contributed by atoms with Gasteiger partial charge >= 0.3 is 0 Å². The number of aryl methyl sites for hydroxylation is 1. The van der Waals surface area contributed by atoms with Crippen molar-refractivity contribution in [1.82, 2.24) is 0 Å². The van der Waals surface area contributed by atoms with Crippen molar-refractivity contribution in [1.29, 1.82) is 0 Å². The van der Waals surface area contributed by atoms with Gasteiger partial charge in [-0.1, -0.05) is 15.9 Å². The molecule has 0 saturated carbocycles. The Labute approximate surface area is 82.2 Å². The predicted molar refractivity (Wildman–Crippen MR) is 54.2 cm³/mol. The van der Waals surface area contributed by atoms with Gasteiger partial charge in [0.1, 0.15) is 5.82 Å². The molecular weight excluding hydrogens is 239 g/mol. The summed E-state index contributed by atoms with van der Waals surface area (Å²) in [5.74, 6) is -0.149. The maximum Gasteiger partial charge on any atom is 0.133 e. The van der Waals surface area contributed by atoms with E-state index in [4.69, 9.17) is 0 Å². The Morgan fingerprint density at radius 3 is 3.00 bits per heavy atom. The van der Waals surface area contributed by atoms with Crippen LogP contribution in [-0.4, -0.2) is 0 Å². The summed E-state index contributed by atoms with van der Waals surface area (Å²) in [5, 5.41) is 2.63. The van der Waals surface area contributed by atoms with Crippen LogP contribution in [-0.2, 0) is 0 Å². The molecule has 0 radical (unpaired) electrons. The van der Waals surface area contributed by atoms with E-state index in [1.165, 1.54) is 6.07 Å². The summed E-state index contributed by atoms with van der Waals surface area (Å²) in [6, 6.07) is 3.33. The van der Waals surface area contributed by atoms with Gasteiger partial charge in [0.05, 0.1) is 0 Å². The third kappa shape index (κ3) is 1.08. The number of benzene rings is 1. The van der Waals surface area contributed by atoms with E-state index in [-0.39, 0.29) is 5.82 Å². The highest BCUT2D eigenvalue weighted by Gasteiger charge is 2.07. The minimum atomic E-state index is -0.149. The lowest BCUT2D eigenvalue weighted by Gasteiger charge is -2.00. The molecule has 0 bridgehead atoms. The molecule has 0 spiro atoms. The lowest BCUT2D eigenvalue weighted by Crippen LogP contribution is -1.80. The van der Waals surface area contributed by atoms with E-state index in [9.17, 15) is 4.39 Å². The molecule has 0 fully saturated rings. The molecular formula is C9H6BrFS. The highest BCUT2D eigenvalue weighted by molar-refractivity contribution is 9.10. The van der Waals surface area contributed by atoms with E-state index in [1.54, 1.807) is 11.3 Å². The highest BCUT2D eigenvalue weighted by atomic mass is 79.9. The van der Waals surface area contributed by atoms with Crippen LogP contribution in [0.2, 0.25) is 0 Å². The molecule has 0 saturated heterocycles. The van der Waals surface area contributed by atoms with Crippen LogP contribution in [0.5, 0.6) is 0 Å². The molecule has 0 atom stereocenters. The zero-order chi connectivity index (χ0) is 8.72. The molecule has 2 aromatic rings. The fourth-order valence-electron chi connectivity index (χ4n) is 1.19. The molecule has 1 aromatic heterocycles. The zero-order valence-electron chi connectivity index (χ0n) is 6.40. The number of halogens is 2. The number of hydrogen-bond donors (Lipinski definition) is 0.